The summed E-state index contributed by atoms with van der Waals surface area (Å²) in [5.41, 5.74) is 1.20. The van der Waals surface area contributed by atoms with Crippen LogP contribution in [0.4, 0.5) is 0 Å². The number of methoxy groups -OCH3 is 4. The van der Waals surface area contributed by atoms with Crippen molar-refractivity contribution in [2.24, 2.45) is 0 Å². The number of nitrogens with one attached hydrogen (secondary N) is 1. The summed E-state index contributed by atoms with van der Waals surface area (Å²) in [6.07, 6.45) is 0. The number of rotatable bonds is 12. The van der Waals surface area contributed by atoms with E-state index >= 15 is 0 Å². The van der Waals surface area contributed by atoms with Crippen LogP contribution in [0.15, 0.2) is 48.5 Å². The predicted molar refractivity (Wildman–Crippen MR) is 133 cm³/mol. The zero-order chi connectivity index (χ0) is 26.2. The van der Waals surface area contributed by atoms with Crippen molar-refractivity contribution in [2.75, 3.05) is 48.2 Å². The summed E-state index contributed by atoms with van der Waals surface area (Å²) < 4.78 is 34.0. The maximum Gasteiger partial charge on any atom is 0.258 e. The van der Waals surface area contributed by atoms with E-state index in [1.807, 2.05) is 0 Å². The molecule has 194 valence electrons. The smallest absolute Gasteiger partial charge is 0.258 e. The molecule has 0 fully saturated rings. The predicted octanol–water partition coefficient (Wildman–Crippen LogP) is 2.40. The Bertz CT molecular complexity index is 1350. The second kappa shape index (κ2) is 11.8. The number of fused-ring (bicyclic) bond motifs is 1. The number of nitrogens with zero attached hydrogens (tertiary/aromatic N) is 4. The summed E-state index contributed by atoms with van der Waals surface area (Å²) in [6.45, 7) is 0.270. The lowest BCUT2D eigenvalue weighted by molar-refractivity contribution is -0.123. The highest BCUT2D eigenvalue weighted by molar-refractivity contribution is 5.77. The lowest BCUT2D eigenvalue weighted by atomic mass is 10.2. The molecule has 0 spiro atoms. The number of benzene rings is 2. The van der Waals surface area contributed by atoms with E-state index in [1.54, 1.807) is 67.3 Å². The van der Waals surface area contributed by atoms with Gasteiger partial charge in [0.25, 0.3) is 5.91 Å². The summed E-state index contributed by atoms with van der Waals surface area (Å²) in [7, 11) is 6.23. The van der Waals surface area contributed by atoms with Gasteiger partial charge in [-0.3, -0.25) is 4.79 Å². The molecule has 12 nitrogen and oxygen atoms in total. The Balaban J connectivity index is 1.34. The lowest BCUT2D eigenvalue weighted by Gasteiger charge is -2.11. The van der Waals surface area contributed by atoms with E-state index in [0.717, 1.165) is 0 Å². The highest BCUT2D eigenvalue weighted by Crippen LogP contribution is 2.32. The molecule has 0 aliphatic heterocycles. The third kappa shape index (κ3) is 6.10. The Morgan fingerprint density at radius 3 is 2.24 bits per heavy atom. The quantitative estimate of drug-likeness (QED) is 0.284. The molecule has 0 bridgehead atoms. The van der Waals surface area contributed by atoms with Crippen molar-refractivity contribution < 1.29 is 33.2 Å². The average Bonchev–Trinajstić information content (AvgIpc) is 3.36. The van der Waals surface area contributed by atoms with Crippen LogP contribution in [0.25, 0.3) is 17.0 Å². The number of ether oxygens (including phenoxy) is 6. The molecule has 0 saturated carbocycles. The van der Waals surface area contributed by atoms with Crippen molar-refractivity contribution in [3.05, 3.63) is 48.5 Å². The van der Waals surface area contributed by atoms with Gasteiger partial charge < -0.3 is 33.7 Å². The van der Waals surface area contributed by atoms with E-state index in [2.05, 4.69) is 20.6 Å². The van der Waals surface area contributed by atoms with Gasteiger partial charge in [-0.15, -0.1) is 15.3 Å². The van der Waals surface area contributed by atoms with E-state index in [9.17, 15) is 4.79 Å². The number of hydrogen-bond donors (Lipinski definition) is 1. The highest BCUT2D eigenvalue weighted by atomic mass is 16.5. The van der Waals surface area contributed by atoms with E-state index in [-0.39, 0.29) is 25.7 Å². The minimum atomic E-state index is -0.306. The summed E-state index contributed by atoms with van der Waals surface area (Å²) in [5, 5.41) is 15.6. The van der Waals surface area contributed by atoms with Gasteiger partial charge in [0, 0.05) is 24.3 Å². The van der Waals surface area contributed by atoms with Crippen LogP contribution in [-0.4, -0.2) is 73.9 Å². The molecule has 0 aliphatic carbocycles. The minimum Gasteiger partial charge on any atom is -0.497 e. The first-order valence-electron chi connectivity index (χ1n) is 11.2. The number of aromatic nitrogens is 4. The maximum absolute atomic E-state index is 12.2. The fourth-order valence-corrected chi connectivity index (χ4v) is 3.42. The highest BCUT2D eigenvalue weighted by Gasteiger charge is 2.16. The first kappa shape index (κ1) is 25.4. The van der Waals surface area contributed by atoms with Gasteiger partial charge in [0.2, 0.25) is 5.88 Å². The Morgan fingerprint density at radius 2 is 1.54 bits per heavy atom. The Hall–Kier alpha value is -4.74. The van der Waals surface area contributed by atoms with Gasteiger partial charge in [-0.2, -0.15) is 4.52 Å². The van der Waals surface area contributed by atoms with Crippen LogP contribution in [0.5, 0.6) is 34.6 Å². The van der Waals surface area contributed by atoms with Crippen LogP contribution in [0.3, 0.4) is 0 Å². The van der Waals surface area contributed by atoms with Gasteiger partial charge in [-0.1, -0.05) is 0 Å². The van der Waals surface area contributed by atoms with Crippen molar-refractivity contribution >= 4 is 11.6 Å². The average molecular weight is 510 g/mol. The Kier molecular flexibility index (Phi) is 8.08. The first-order chi connectivity index (χ1) is 18.0. The molecule has 1 N–H and O–H groups in total. The van der Waals surface area contributed by atoms with Crippen molar-refractivity contribution in [1.82, 2.24) is 25.1 Å². The standard InChI is InChI=1S/C25H27N5O7/c1-32-16-5-6-21(35-4)20(14-16)25-28-27-22-7-8-24(29-30(22)25)36-10-9-26-23(31)15-37-19-12-17(33-2)11-18(13-19)34-3/h5-8,11-14H,9-10,15H2,1-4H3,(H,26,31). The number of hydrogen-bond acceptors (Lipinski definition) is 10. The van der Waals surface area contributed by atoms with E-state index in [4.69, 9.17) is 28.4 Å². The molecule has 0 aliphatic rings. The van der Waals surface area contributed by atoms with Gasteiger partial charge >= 0.3 is 0 Å². The second-order valence-corrected chi connectivity index (χ2v) is 7.57. The van der Waals surface area contributed by atoms with Crippen molar-refractivity contribution in [3.63, 3.8) is 0 Å². The molecule has 4 aromatic rings. The SMILES string of the molecule is COc1cc(OC)cc(OCC(=O)NCCOc2ccc3nnc(-c4cc(OC)ccc4OC)n3n2)c1. The van der Waals surface area contributed by atoms with Crippen molar-refractivity contribution in [3.8, 4) is 46.0 Å². The number of carbonyl (C=O) groups excluding carboxylic acids is 1. The van der Waals surface area contributed by atoms with Gasteiger partial charge in [0.15, 0.2) is 18.1 Å². The zero-order valence-electron chi connectivity index (χ0n) is 20.9. The van der Waals surface area contributed by atoms with E-state index < -0.39 is 0 Å². The summed E-state index contributed by atoms with van der Waals surface area (Å²) >= 11 is 0. The van der Waals surface area contributed by atoms with Gasteiger partial charge in [-0.05, 0) is 24.3 Å². The number of carbonyl (C=O) groups is 1. The molecule has 2 aromatic heterocycles. The fourth-order valence-electron chi connectivity index (χ4n) is 3.42. The molecule has 1 amide bonds. The molecule has 2 aromatic carbocycles. The second-order valence-electron chi connectivity index (χ2n) is 7.57. The molecule has 37 heavy (non-hydrogen) atoms. The number of amides is 1. The van der Waals surface area contributed by atoms with Gasteiger partial charge in [-0.25, -0.2) is 0 Å². The van der Waals surface area contributed by atoms with E-state index in [0.29, 0.717) is 51.7 Å². The van der Waals surface area contributed by atoms with Crippen LogP contribution in [0.2, 0.25) is 0 Å². The monoisotopic (exact) mass is 509 g/mol. The molecular formula is C25H27N5O7. The third-order valence-electron chi connectivity index (χ3n) is 5.25. The normalized spacial score (nSPS) is 10.6. The zero-order valence-corrected chi connectivity index (χ0v) is 20.9. The topological polar surface area (TPSA) is 128 Å². The van der Waals surface area contributed by atoms with Crippen LogP contribution in [-0.2, 0) is 4.79 Å². The van der Waals surface area contributed by atoms with Crippen LogP contribution < -0.4 is 33.7 Å². The molecule has 0 unspecified atom stereocenters. The largest absolute Gasteiger partial charge is 0.497 e. The molecule has 0 radical (unpaired) electrons. The van der Waals surface area contributed by atoms with Gasteiger partial charge in [0.05, 0.1) is 40.5 Å². The molecule has 4 rings (SSSR count). The molecule has 0 atom stereocenters. The summed E-state index contributed by atoms with van der Waals surface area (Å²) in [4.78, 5) is 12.2. The summed E-state index contributed by atoms with van der Waals surface area (Å²) in [5.74, 6) is 3.32. The molecule has 0 saturated heterocycles. The third-order valence-corrected chi connectivity index (χ3v) is 5.25. The maximum atomic E-state index is 12.2. The first-order valence-corrected chi connectivity index (χ1v) is 11.2. The van der Waals surface area contributed by atoms with Gasteiger partial charge in [0.1, 0.15) is 35.4 Å². The molecule has 2 heterocycles. The molecule has 12 heteroatoms. The van der Waals surface area contributed by atoms with Crippen LogP contribution in [0, 0.1) is 0 Å². The Morgan fingerprint density at radius 1 is 0.811 bits per heavy atom. The van der Waals surface area contributed by atoms with Crippen LogP contribution in [0.1, 0.15) is 0 Å². The minimum absolute atomic E-state index is 0.174. The Labute approximate surface area is 213 Å². The van der Waals surface area contributed by atoms with Crippen LogP contribution >= 0.6 is 0 Å². The van der Waals surface area contributed by atoms with Crippen molar-refractivity contribution in [2.45, 2.75) is 0 Å². The fraction of sp³-hybridized carbons (Fsp3) is 0.280. The van der Waals surface area contributed by atoms with Crippen molar-refractivity contribution in [1.29, 1.82) is 0 Å². The summed E-state index contributed by atoms with van der Waals surface area (Å²) in [6, 6.07) is 13.8. The molecular weight excluding hydrogens is 482 g/mol. The lowest BCUT2D eigenvalue weighted by Crippen LogP contribution is -2.32. The van der Waals surface area contributed by atoms with E-state index in [1.165, 1.54) is 14.2 Å².